The van der Waals surface area contributed by atoms with Crippen LogP contribution in [0.25, 0.3) is 15.7 Å². The molecule has 3 rings (SSSR count). The molecule has 0 amide bonds. The molecule has 0 atom stereocenters. The van der Waals surface area contributed by atoms with Crippen LogP contribution in [0, 0.1) is 5.39 Å². The molecular weight excluding hydrogens is 258 g/mol. The average Bonchev–Trinajstić information content (AvgIpc) is 2.55. The van der Waals surface area contributed by atoms with Gasteiger partial charge in [0.05, 0.1) is 0 Å². The third-order valence-electron chi connectivity index (χ3n) is 3.69. The van der Waals surface area contributed by atoms with Crippen LogP contribution in [0.5, 0.6) is 0 Å². The fourth-order valence-electron chi connectivity index (χ4n) is 2.55. The molecule has 0 aromatic heterocycles. The Bertz CT molecular complexity index is 795. The lowest BCUT2D eigenvalue weighted by Crippen LogP contribution is -2.16. The van der Waals surface area contributed by atoms with Crippen LogP contribution in [0.3, 0.4) is 0 Å². The van der Waals surface area contributed by atoms with Crippen molar-refractivity contribution in [2.45, 2.75) is 6.54 Å². The molecule has 0 saturated carbocycles. The van der Waals surface area contributed by atoms with Crippen molar-refractivity contribution in [1.82, 2.24) is 0 Å². The second-order valence-electron chi connectivity index (χ2n) is 5.11. The maximum absolute atomic E-state index is 8.73. The molecule has 0 unspecified atom stereocenters. The van der Waals surface area contributed by atoms with Crippen molar-refractivity contribution in [3.05, 3.63) is 77.3 Å². The molecule has 0 saturated heterocycles. The van der Waals surface area contributed by atoms with Crippen LogP contribution in [0.2, 0.25) is 0 Å². The molecule has 3 aromatic rings. The SMILES string of the molecule is CN(Cc1cccc2ccccc12)c1ccc([N+]#N)cc1. The summed E-state index contributed by atoms with van der Waals surface area (Å²) in [5.41, 5.74) is 2.96. The Morgan fingerprint density at radius 3 is 2.38 bits per heavy atom. The molecule has 0 aliphatic heterocycles. The summed E-state index contributed by atoms with van der Waals surface area (Å²) in [4.78, 5) is 5.36. The Morgan fingerprint density at radius 1 is 0.905 bits per heavy atom. The van der Waals surface area contributed by atoms with E-state index in [0.717, 1.165) is 12.2 Å². The van der Waals surface area contributed by atoms with Crippen molar-refractivity contribution in [2.24, 2.45) is 0 Å². The number of hydrogen-bond donors (Lipinski definition) is 0. The molecule has 0 spiro atoms. The minimum Gasteiger partial charge on any atom is -0.370 e. The highest BCUT2D eigenvalue weighted by Crippen LogP contribution is 2.23. The fourth-order valence-corrected chi connectivity index (χ4v) is 2.55. The minimum absolute atomic E-state index is 0.567. The lowest BCUT2D eigenvalue weighted by molar-refractivity contribution is 0.931. The Balaban J connectivity index is 1.89. The normalized spacial score (nSPS) is 10.3. The third kappa shape index (κ3) is 2.70. The average molecular weight is 274 g/mol. The van der Waals surface area contributed by atoms with E-state index in [0.29, 0.717) is 5.69 Å². The van der Waals surface area contributed by atoms with E-state index in [4.69, 9.17) is 5.39 Å². The highest BCUT2D eigenvalue weighted by molar-refractivity contribution is 5.85. The van der Waals surface area contributed by atoms with E-state index in [1.807, 2.05) is 12.1 Å². The Morgan fingerprint density at radius 2 is 1.62 bits per heavy atom. The molecule has 3 heteroatoms. The van der Waals surface area contributed by atoms with Gasteiger partial charge < -0.3 is 4.90 Å². The first-order chi connectivity index (χ1) is 10.3. The number of benzene rings is 3. The van der Waals surface area contributed by atoms with Gasteiger partial charge in [-0.3, -0.25) is 0 Å². The zero-order valence-electron chi connectivity index (χ0n) is 11.9. The van der Waals surface area contributed by atoms with Crippen molar-refractivity contribution >= 4 is 22.1 Å². The van der Waals surface area contributed by atoms with Gasteiger partial charge in [-0.15, -0.1) is 0 Å². The topological polar surface area (TPSA) is 31.4 Å². The Kier molecular flexibility index (Phi) is 3.53. The summed E-state index contributed by atoms with van der Waals surface area (Å²) in [6.45, 7) is 0.830. The summed E-state index contributed by atoms with van der Waals surface area (Å²) in [7, 11) is 2.06. The molecule has 0 N–H and O–H groups in total. The lowest BCUT2D eigenvalue weighted by Gasteiger charge is -2.20. The number of fused-ring (bicyclic) bond motifs is 1. The zero-order valence-corrected chi connectivity index (χ0v) is 11.9. The standard InChI is InChI=1S/C18H16N3/c1-21(17-11-9-16(20-19)10-12-17)13-15-7-4-6-14-5-2-3-8-18(14)15/h2-12H,13H2,1H3/q+1. The molecule has 0 bridgehead atoms. The first-order valence-electron chi connectivity index (χ1n) is 6.91. The smallest absolute Gasteiger partial charge is 0.370 e. The van der Waals surface area contributed by atoms with Gasteiger partial charge in [-0.2, -0.15) is 0 Å². The van der Waals surface area contributed by atoms with E-state index in [-0.39, 0.29) is 0 Å². The molecule has 0 radical (unpaired) electrons. The summed E-state index contributed by atoms with van der Waals surface area (Å²) < 4.78 is 0. The third-order valence-corrected chi connectivity index (χ3v) is 3.69. The van der Waals surface area contributed by atoms with Gasteiger partial charge in [-0.05, 0) is 28.5 Å². The molecular formula is C18H16N3+. The second-order valence-corrected chi connectivity index (χ2v) is 5.11. The zero-order chi connectivity index (χ0) is 14.7. The van der Waals surface area contributed by atoms with Crippen LogP contribution in [-0.2, 0) is 6.54 Å². The maximum Gasteiger partial charge on any atom is 0.385 e. The van der Waals surface area contributed by atoms with Crippen molar-refractivity contribution in [1.29, 1.82) is 5.39 Å². The van der Waals surface area contributed by atoms with Gasteiger partial charge in [0, 0.05) is 31.4 Å². The molecule has 21 heavy (non-hydrogen) atoms. The van der Waals surface area contributed by atoms with Crippen LogP contribution in [0.15, 0.2) is 66.7 Å². The molecule has 0 heterocycles. The molecule has 0 aliphatic rings. The Labute approximate surface area is 124 Å². The van der Waals surface area contributed by atoms with Crippen LogP contribution >= 0.6 is 0 Å². The summed E-state index contributed by atoms with van der Waals surface area (Å²) in [5.74, 6) is 0. The molecule has 0 aliphatic carbocycles. The van der Waals surface area contributed by atoms with Gasteiger partial charge in [0.25, 0.3) is 0 Å². The first kappa shape index (κ1) is 13.1. The van der Waals surface area contributed by atoms with E-state index in [1.54, 1.807) is 12.1 Å². The number of nitrogens with zero attached hydrogens (tertiary/aromatic N) is 3. The van der Waals surface area contributed by atoms with Crippen LogP contribution in [-0.4, -0.2) is 7.05 Å². The summed E-state index contributed by atoms with van der Waals surface area (Å²) >= 11 is 0. The van der Waals surface area contributed by atoms with Crippen LogP contribution in [0.4, 0.5) is 11.4 Å². The highest BCUT2D eigenvalue weighted by atomic mass is 15.1. The van der Waals surface area contributed by atoms with Crippen molar-refractivity contribution < 1.29 is 0 Å². The first-order valence-corrected chi connectivity index (χ1v) is 6.91. The van der Waals surface area contributed by atoms with Crippen molar-refractivity contribution in [3.8, 4) is 0 Å². The summed E-state index contributed by atoms with van der Waals surface area (Å²) in [5, 5.41) is 11.3. The highest BCUT2D eigenvalue weighted by Gasteiger charge is 2.08. The van der Waals surface area contributed by atoms with Gasteiger partial charge in [0.2, 0.25) is 5.39 Å². The lowest BCUT2D eigenvalue weighted by atomic mass is 10.0. The number of rotatable bonds is 3. The van der Waals surface area contributed by atoms with Crippen LogP contribution < -0.4 is 4.90 Å². The molecule has 0 fully saturated rings. The largest absolute Gasteiger partial charge is 0.385 e. The van der Waals surface area contributed by atoms with E-state index in [1.165, 1.54) is 16.3 Å². The number of anilines is 1. The van der Waals surface area contributed by atoms with Gasteiger partial charge in [-0.25, -0.2) is 0 Å². The van der Waals surface area contributed by atoms with E-state index >= 15 is 0 Å². The molecule has 3 nitrogen and oxygen atoms in total. The quantitative estimate of drug-likeness (QED) is 0.632. The van der Waals surface area contributed by atoms with E-state index in [9.17, 15) is 0 Å². The summed E-state index contributed by atoms with van der Waals surface area (Å²) in [6.07, 6.45) is 0. The van der Waals surface area contributed by atoms with Gasteiger partial charge >= 0.3 is 5.69 Å². The van der Waals surface area contributed by atoms with Gasteiger partial charge in [0.15, 0.2) is 4.98 Å². The van der Waals surface area contributed by atoms with E-state index in [2.05, 4.69) is 59.4 Å². The fraction of sp³-hybridized carbons (Fsp3) is 0.111. The van der Waals surface area contributed by atoms with Crippen LogP contribution in [0.1, 0.15) is 5.56 Å². The predicted molar refractivity (Wildman–Crippen MR) is 87.2 cm³/mol. The van der Waals surface area contributed by atoms with Gasteiger partial charge in [-0.1, -0.05) is 42.5 Å². The minimum atomic E-state index is 0.567. The van der Waals surface area contributed by atoms with E-state index < -0.39 is 0 Å². The molecule has 3 aromatic carbocycles. The Hall–Kier alpha value is -2.86. The molecule has 102 valence electrons. The summed E-state index contributed by atoms with van der Waals surface area (Å²) in [6, 6.07) is 22.3. The maximum atomic E-state index is 8.73. The monoisotopic (exact) mass is 274 g/mol. The number of diazo groups is 1. The second kappa shape index (κ2) is 5.64. The van der Waals surface area contributed by atoms with Gasteiger partial charge in [0.1, 0.15) is 0 Å². The number of hydrogen-bond acceptors (Lipinski definition) is 2. The van der Waals surface area contributed by atoms with Crippen molar-refractivity contribution in [3.63, 3.8) is 0 Å². The predicted octanol–water partition coefficient (Wildman–Crippen LogP) is 4.96. The van der Waals surface area contributed by atoms with Crippen molar-refractivity contribution in [2.75, 3.05) is 11.9 Å².